The van der Waals surface area contributed by atoms with Crippen LogP contribution < -0.4 is 0 Å². The molecule has 0 saturated carbocycles. The monoisotopic (exact) mass is 726 g/mol. The predicted octanol–water partition coefficient (Wildman–Crippen LogP) is 11.0. The lowest BCUT2D eigenvalue weighted by Gasteiger charge is -2.16. The molecule has 8 nitrogen and oxygen atoms in total. The van der Waals surface area contributed by atoms with Crippen LogP contribution in [0, 0.1) is 0 Å². The van der Waals surface area contributed by atoms with Gasteiger partial charge in [0.25, 0.3) is 0 Å². The lowest BCUT2D eigenvalue weighted by molar-refractivity contribution is 1.01. The molecule has 260 valence electrons. The maximum atomic E-state index is 5.21. The third-order valence-corrected chi connectivity index (χ3v) is 11.4. The van der Waals surface area contributed by atoms with Gasteiger partial charge in [-0.3, -0.25) is 19.1 Å². The molecule has 4 aromatic carbocycles. The average molecular weight is 727 g/mol. The number of rotatable bonds is 5. The normalized spacial score (nSPS) is 13.2. The number of fused-ring (bicyclic) bond motifs is 6. The molecule has 0 unspecified atom stereocenters. The number of aliphatic imine (C=N–C) groups is 1. The van der Waals surface area contributed by atoms with Crippen molar-refractivity contribution in [3.63, 3.8) is 0 Å². The highest BCUT2D eigenvalue weighted by Crippen LogP contribution is 2.41. The van der Waals surface area contributed by atoms with Crippen molar-refractivity contribution in [1.82, 2.24) is 34.3 Å². The first-order valence-electron chi connectivity index (χ1n) is 18.2. The summed E-state index contributed by atoms with van der Waals surface area (Å²) in [4.78, 5) is 19.0. The van der Waals surface area contributed by atoms with Crippen LogP contribution in [-0.2, 0) is 0 Å². The summed E-state index contributed by atoms with van der Waals surface area (Å²) in [6.45, 7) is 0. The number of hydrogen-bond donors (Lipinski definition) is 0. The highest BCUT2D eigenvalue weighted by Gasteiger charge is 2.22. The maximum absolute atomic E-state index is 5.21. The van der Waals surface area contributed by atoms with Crippen molar-refractivity contribution in [2.24, 2.45) is 4.99 Å². The number of benzene rings is 4. The average Bonchev–Trinajstić information content (AvgIpc) is 3.98. The third-order valence-electron chi connectivity index (χ3n) is 10.4. The Hall–Kier alpha value is -7.10. The molecule has 9 heteroatoms. The molecule has 10 aromatic rings. The largest absolute Gasteiger partial charge is 0.297 e. The van der Waals surface area contributed by atoms with Crippen molar-refractivity contribution in [3.8, 4) is 38.2 Å². The summed E-state index contributed by atoms with van der Waals surface area (Å²) in [5, 5.41) is 16.0. The molecule has 0 bridgehead atoms. The van der Waals surface area contributed by atoms with E-state index in [1.807, 2.05) is 36.7 Å². The quantitative estimate of drug-likeness (QED) is 0.176. The van der Waals surface area contributed by atoms with Gasteiger partial charge in [0, 0.05) is 75.0 Å². The van der Waals surface area contributed by atoms with Crippen molar-refractivity contribution in [3.05, 3.63) is 164 Å². The second-order valence-electron chi connectivity index (χ2n) is 13.6. The van der Waals surface area contributed by atoms with Crippen LogP contribution >= 0.6 is 11.3 Å². The zero-order valence-corrected chi connectivity index (χ0v) is 30.2. The second-order valence-corrected chi connectivity index (χ2v) is 14.5. The highest BCUT2D eigenvalue weighted by atomic mass is 32.1. The van der Waals surface area contributed by atoms with Crippen LogP contribution in [0.1, 0.15) is 18.4 Å². The molecule has 0 fully saturated rings. The van der Waals surface area contributed by atoms with Gasteiger partial charge in [0.05, 0.1) is 33.5 Å². The smallest absolute Gasteiger partial charge is 0.150 e. The van der Waals surface area contributed by atoms with Crippen LogP contribution in [0.25, 0.3) is 87.5 Å². The Balaban J connectivity index is 1.05. The Labute approximate surface area is 319 Å². The van der Waals surface area contributed by atoms with Crippen molar-refractivity contribution >= 4 is 66.5 Å². The molecule has 1 aliphatic rings. The minimum Gasteiger partial charge on any atom is -0.297 e. The zero-order chi connectivity index (χ0) is 36.3. The molecular formula is C46H30N8S. The van der Waals surface area contributed by atoms with Gasteiger partial charge >= 0.3 is 0 Å². The Morgan fingerprint density at radius 3 is 2.07 bits per heavy atom. The van der Waals surface area contributed by atoms with Gasteiger partial charge in [-0.25, -0.2) is 9.98 Å². The topological polar surface area (TPSA) is 86.7 Å². The van der Waals surface area contributed by atoms with Gasteiger partial charge in [0.1, 0.15) is 21.7 Å². The highest BCUT2D eigenvalue weighted by molar-refractivity contribution is 7.18. The number of hydrogen-bond acceptors (Lipinski definition) is 7. The molecule has 0 radical (unpaired) electrons. The van der Waals surface area contributed by atoms with E-state index in [4.69, 9.17) is 20.2 Å². The Bertz CT molecular complexity index is 3150. The minimum atomic E-state index is 0.829. The van der Waals surface area contributed by atoms with E-state index in [1.54, 1.807) is 23.7 Å². The number of nitrogens with zero attached hydrogens (tertiary/aromatic N) is 8. The fourth-order valence-electron chi connectivity index (χ4n) is 7.92. The lowest BCUT2D eigenvalue weighted by atomic mass is 10.1. The number of aromatic nitrogens is 7. The molecule has 0 saturated heterocycles. The summed E-state index contributed by atoms with van der Waals surface area (Å²) in [5.41, 5.74) is 10.2. The summed E-state index contributed by atoms with van der Waals surface area (Å²) in [5.74, 6) is 1.85. The molecule has 7 heterocycles. The molecule has 0 spiro atoms. The summed E-state index contributed by atoms with van der Waals surface area (Å²) >= 11 is 1.60. The molecule has 0 amide bonds. The van der Waals surface area contributed by atoms with E-state index in [2.05, 4.69) is 128 Å². The Kier molecular flexibility index (Phi) is 7.31. The number of para-hydroxylation sites is 3. The van der Waals surface area contributed by atoms with E-state index < -0.39 is 0 Å². The SMILES string of the molecule is C1=C(c2cccnc2)N=C(n2c3ccccc3c3ccc(-c4nnc(-c5cccc6c7ccccc7n(-c7cccc(-c8cccnc8)n7)c56)s4)cc32)CC1. The van der Waals surface area contributed by atoms with Gasteiger partial charge in [-0.1, -0.05) is 84.1 Å². The molecule has 6 aromatic heterocycles. The van der Waals surface area contributed by atoms with Gasteiger partial charge in [0.2, 0.25) is 0 Å². The molecule has 0 atom stereocenters. The van der Waals surface area contributed by atoms with Crippen LogP contribution in [-0.4, -0.2) is 40.1 Å². The van der Waals surface area contributed by atoms with E-state index in [0.29, 0.717) is 0 Å². The van der Waals surface area contributed by atoms with Crippen molar-refractivity contribution < 1.29 is 0 Å². The first-order valence-corrected chi connectivity index (χ1v) is 19.1. The Morgan fingerprint density at radius 2 is 1.25 bits per heavy atom. The number of pyridine rings is 3. The van der Waals surface area contributed by atoms with Crippen LogP contribution in [0.4, 0.5) is 0 Å². The predicted molar refractivity (Wildman–Crippen MR) is 223 cm³/mol. The third kappa shape index (κ3) is 5.20. The van der Waals surface area contributed by atoms with Gasteiger partial charge in [-0.05, 0) is 67.1 Å². The van der Waals surface area contributed by atoms with Gasteiger partial charge in [-0.2, -0.15) is 0 Å². The van der Waals surface area contributed by atoms with E-state index >= 15 is 0 Å². The summed E-state index contributed by atoms with van der Waals surface area (Å²) in [7, 11) is 0. The van der Waals surface area contributed by atoms with E-state index in [0.717, 1.165) is 101 Å². The fourth-order valence-corrected chi connectivity index (χ4v) is 8.79. The fraction of sp³-hybridized carbons (Fsp3) is 0.0435. The van der Waals surface area contributed by atoms with Crippen molar-refractivity contribution in [2.45, 2.75) is 12.8 Å². The maximum Gasteiger partial charge on any atom is 0.150 e. The molecular weight excluding hydrogens is 697 g/mol. The van der Waals surface area contributed by atoms with E-state index in [9.17, 15) is 0 Å². The van der Waals surface area contributed by atoms with Crippen molar-refractivity contribution in [2.75, 3.05) is 0 Å². The summed E-state index contributed by atoms with van der Waals surface area (Å²) < 4.78 is 4.58. The summed E-state index contributed by atoms with van der Waals surface area (Å²) in [6.07, 6.45) is 11.3. The standard InChI is InChI=1S/C46H30N8S/c1-3-18-39-32(12-1)34-23-22-29(26-41(34)53(39)42-20-6-16-37(49-42)30-10-8-24-47-27-30)45-51-52-46(55-45)36-15-5-14-35-33-13-2-4-19-40(33)54(44(35)36)43-21-7-17-38(50-43)31-11-9-25-48-28-31/h1-5,7-19,21-28H,6,20H2. The number of allylic oxidation sites excluding steroid dienone is 1. The minimum absolute atomic E-state index is 0.829. The van der Waals surface area contributed by atoms with E-state index in [-0.39, 0.29) is 0 Å². The Morgan fingerprint density at radius 1 is 0.545 bits per heavy atom. The van der Waals surface area contributed by atoms with Crippen LogP contribution in [0.2, 0.25) is 0 Å². The molecule has 11 rings (SSSR count). The zero-order valence-electron chi connectivity index (χ0n) is 29.4. The second kappa shape index (κ2) is 12.8. The molecule has 0 aliphatic carbocycles. The van der Waals surface area contributed by atoms with Gasteiger partial charge in [-0.15, -0.1) is 10.2 Å². The van der Waals surface area contributed by atoms with Crippen LogP contribution in [0.3, 0.4) is 0 Å². The van der Waals surface area contributed by atoms with Crippen LogP contribution in [0.15, 0.2) is 163 Å². The van der Waals surface area contributed by atoms with Gasteiger partial charge < -0.3 is 0 Å². The van der Waals surface area contributed by atoms with E-state index in [1.165, 1.54) is 10.8 Å². The molecule has 0 N–H and O–H groups in total. The lowest BCUT2D eigenvalue weighted by Crippen LogP contribution is -2.14. The van der Waals surface area contributed by atoms with Crippen LogP contribution in [0.5, 0.6) is 0 Å². The summed E-state index contributed by atoms with van der Waals surface area (Å²) in [6, 6.07) is 44.3. The van der Waals surface area contributed by atoms with Crippen molar-refractivity contribution in [1.29, 1.82) is 0 Å². The molecule has 1 aliphatic heterocycles. The first kappa shape index (κ1) is 31.4. The molecule has 55 heavy (non-hydrogen) atoms. The first-order chi connectivity index (χ1) is 27.3. The van der Waals surface area contributed by atoms with Gasteiger partial charge in [0.15, 0.2) is 0 Å².